The Morgan fingerprint density at radius 2 is 1.76 bits per heavy atom. The number of ether oxygens (including phenoxy) is 1. The highest BCUT2D eigenvalue weighted by atomic mass is 32.2. The smallest absolute Gasteiger partial charge is 0.250 e. The Morgan fingerprint density at radius 3 is 2.50 bits per heavy atom. The highest BCUT2D eigenvalue weighted by molar-refractivity contribution is 7.99. The monoisotopic (exact) mass is 471 g/mol. The van der Waals surface area contributed by atoms with Crippen LogP contribution in [-0.2, 0) is 4.79 Å². The summed E-state index contributed by atoms with van der Waals surface area (Å²) >= 11 is 1.30. The molecule has 34 heavy (non-hydrogen) atoms. The number of hydrazone groups is 1. The van der Waals surface area contributed by atoms with E-state index in [9.17, 15) is 4.79 Å². The van der Waals surface area contributed by atoms with Gasteiger partial charge in [0.1, 0.15) is 5.75 Å². The molecule has 7 nitrogen and oxygen atoms in total. The zero-order chi connectivity index (χ0) is 23.8. The Morgan fingerprint density at radius 1 is 1.03 bits per heavy atom. The molecule has 1 aromatic heterocycles. The van der Waals surface area contributed by atoms with Crippen molar-refractivity contribution < 1.29 is 9.53 Å². The van der Waals surface area contributed by atoms with E-state index in [1.54, 1.807) is 6.21 Å². The molecule has 4 rings (SSSR count). The topological polar surface area (TPSA) is 81.4 Å². The Kier molecular flexibility index (Phi) is 7.72. The van der Waals surface area contributed by atoms with Crippen molar-refractivity contribution in [2.24, 2.45) is 5.10 Å². The minimum Gasteiger partial charge on any atom is -0.494 e. The summed E-state index contributed by atoms with van der Waals surface area (Å²) in [5, 5.41) is 13.5. The molecule has 0 aliphatic rings. The lowest BCUT2D eigenvalue weighted by Gasteiger charge is -2.11. The number of carbonyl (C=O) groups is 1. The van der Waals surface area contributed by atoms with Gasteiger partial charge in [0.2, 0.25) is 0 Å². The molecule has 0 aliphatic heterocycles. The van der Waals surface area contributed by atoms with Gasteiger partial charge in [-0.15, -0.1) is 10.2 Å². The maximum atomic E-state index is 12.4. The highest BCUT2D eigenvalue weighted by Gasteiger charge is 2.17. The summed E-state index contributed by atoms with van der Waals surface area (Å²) in [5.74, 6) is 1.41. The van der Waals surface area contributed by atoms with E-state index in [2.05, 4.69) is 20.7 Å². The summed E-state index contributed by atoms with van der Waals surface area (Å²) in [4.78, 5) is 12.4. The SMILES string of the molecule is CCOc1ccc(-n2c(SCC(=O)N/N=C\c3ccccc3C)nnc2-c2ccccc2)cc1. The fraction of sp³-hybridized carbons (Fsp3) is 0.154. The number of benzene rings is 3. The van der Waals surface area contributed by atoms with E-state index in [4.69, 9.17) is 4.74 Å². The molecule has 0 aliphatic carbocycles. The average Bonchev–Trinajstić information content (AvgIpc) is 3.29. The Bertz CT molecular complexity index is 1270. The lowest BCUT2D eigenvalue weighted by Crippen LogP contribution is -2.20. The van der Waals surface area contributed by atoms with E-state index >= 15 is 0 Å². The molecule has 1 amide bonds. The second kappa shape index (κ2) is 11.3. The van der Waals surface area contributed by atoms with Crippen LogP contribution in [0.3, 0.4) is 0 Å². The largest absolute Gasteiger partial charge is 0.494 e. The van der Waals surface area contributed by atoms with E-state index in [0.29, 0.717) is 17.6 Å². The predicted octanol–water partition coefficient (Wildman–Crippen LogP) is 4.88. The van der Waals surface area contributed by atoms with Gasteiger partial charge in [0.15, 0.2) is 11.0 Å². The highest BCUT2D eigenvalue weighted by Crippen LogP contribution is 2.28. The van der Waals surface area contributed by atoms with Gasteiger partial charge in [0.05, 0.1) is 18.6 Å². The maximum absolute atomic E-state index is 12.4. The van der Waals surface area contributed by atoms with Crippen molar-refractivity contribution in [3.05, 3.63) is 90.0 Å². The molecule has 1 heterocycles. The summed E-state index contributed by atoms with van der Waals surface area (Å²) in [6.07, 6.45) is 1.65. The van der Waals surface area contributed by atoms with Crippen LogP contribution in [-0.4, -0.2) is 39.2 Å². The number of hydrogen-bond acceptors (Lipinski definition) is 6. The Balaban J connectivity index is 1.51. The van der Waals surface area contributed by atoms with Crippen LogP contribution in [0.5, 0.6) is 5.75 Å². The fourth-order valence-electron chi connectivity index (χ4n) is 3.30. The average molecular weight is 472 g/mol. The summed E-state index contributed by atoms with van der Waals surface area (Å²) in [6, 6.07) is 25.4. The maximum Gasteiger partial charge on any atom is 0.250 e. The molecule has 1 N–H and O–H groups in total. The molecule has 0 saturated carbocycles. The molecule has 0 bridgehead atoms. The number of aryl methyl sites for hydroxylation is 1. The lowest BCUT2D eigenvalue weighted by atomic mass is 10.1. The van der Waals surface area contributed by atoms with E-state index in [1.807, 2.05) is 97.3 Å². The molecule has 8 heteroatoms. The number of carbonyl (C=O) groups excluding carboxylic acids is 1. The first-order valence-corrected chi connectivity index (χ1v) is 11.9. The van der Waals surface area contributed by atoms with Crippen molar-refractivity contribution in [3.8, 4) is 22.8 Å². The van der Waals surface area contributed by atoms with Gasteiger partial charge in [-0.05, 0) is 49.2 Å². The van der Waals surface area contributed by atoms with Crippen LogP contribution in [0.1, 0.15) is 18.1 Å². The molecular weight excluding hydrogens is 446 g/mol. The van der Waals surface area contributed by atoms with E-state index < -0.39 is 0 Å². The zero-order valence-corrected chi connectivity index (χ0v) is 19.8. The first kappa shape index (κ1) is 23.3. The standard InChI is InChI=1S/C26H25N5O2S/c1-3-33-23-15-13-22(14-16-23)31-25(20-10-5-4-6-11-20)29-30-26(31)34-18-24(32)28-27-17-21-12-8-7-9-19(21)2/h4-17H,3,18H2,1-2H3,(H,28,32)/b27-17-. The lowest BCUT2D eigenvalue weighted by molar-refractivity contribution is -0.118. The van der Waals surface area contributed by atoms with Crippen molar-refractivity contribution in [2.45, 2.75) is 19.0 Å². The molecule has 0 atom stereocenters. The van der Waals surface area contributed by atoms with Gasteiger partial charge >= 0.3 is 0 Å². The minimum atomic E-state index is -0.225. The summed E-state index contributed by atoms with van der Waals surface area (Å²) in [7, 11) is 0. The third-order valence-corrected chi connectivity index (χ3v) is 5.91. The summed E-state index contributed by atoms with van der Waals surface area (Å²) < 4.78 is 7.51. The number of nitrogens with zero attached hydrogens (tertiary/aromatic N) is 4. The molecule has 3 aromatic carbocycles. The molecule has 0 saturated heterocycles. The number of aromatic nitrogens is 3. The molecule has 0 fully saturated rings. The van der Waals surface area contributed by atoms with Gasteiger partial charge < -0.3 is 4.74 Å². The molecule has 0 spiro atoms. The van der Waals surface area contributed by atoms with Crippen LogP contribution in [0.15, 0.2) is 89.1 Å². The van der Waals surface area contributed by atoms with Crippen LogP contribution in [0.4, 0.5) is 0 Å². The van der Waals surface area contributed by atoms with Gasteiger partial charge in [0, 0.05) is 11.3 Å². The molecule has 0 radical (unpaired) electrons. The van der Waals surface area contributed by atoms with Crippen molar-refractivity contribution >= 4 is 23.9 Å². The molecule has 4 aromatic rings. The molecule has 0 unspecified atom stereocenters. The zero-order valence-electron chi connectivity index (χ0n) is 19.0. The summed E-state index contributed by atoms with van der Waals surface area (Å²) in [5.41, 5.74) is 6.45. The van der Waals surface area contributed by atoms with Gasteiger partial charge in [-0.1, -0.05) is 66.4 Å². The van der Waals surface area contributed by atoms with Crippen LogP contribution in [0.25, 0.3) is 17.1 Å². The third kappa shape index (κ3) is 5.71. The van der Waals surface area contributed by atoms with Crippen LogP contribution in [0, 0.1) is 6.92 Å². The minimum absolute atomic E-state index is 0.148. The second-order valence-corrected chi connectivity index (χ2v) is 8.32. The fourth-order valence-corrected chi connectivity index (χ4v) is 4.04. The van der Waals surface area contributed by atoms with Crippen molar-refractivity contribution in [2.75, 3.05) is 12.4 Å². The van der Waals surface area contributed by atoms with Gasteiger partial charge in [-0.2, -0.15) is 5.10 Å². The van der Waals surface area contributed by atoms with E-state index in [-0.39, 0.29) is 11.7 Å². The number of thioether (sulfide) groups is 1. The predicted molar refractivity (Wildman–Crippen MR) is 136 cm³/mol. The van der Waals surface area contributed by atoms with Crippen LogP contribution < -0.4 is 10.2 Å². The normalized spacial score (nSPS) is 11.0. The van der Waals surface area contributed by atoms with Crippen molar-refractivity contribution in [1.82, 2.24) is 20.2 Å². The second-order valence-electron chi connectivity index (χ2n) is 7.37. The number of rotatable bonds is 9. The van der Waals surface area contributed by atoms with E-state index in [0.717, 1.165) is 28.1 Å². The first-order chi connectivity index (χ1) is 16.7. The first-order valence-electron chi connectivity index (χ1n) is 10.9. The number of nitrogens with one attached hydrogen (secondary N) is 1. The van der Waals surface area contributed by atoms with Crippen LogP contribution in [0.2, 0.25) is 0 Å². The third-order valence-electron chi connectivity index (χ3n) is 4.98. The number of hydrogen-bond donors (Lipinski definition) is 1. The number of amides is 1. The van der Waals surface area contributed by atoms with Gasteiger partial charge in [-0.25, -0.2) is 5.43 Å². The van der Waals surface area contributed by atoms with Gasteiger partial charge in [0.25, 0.3) is 5.91 Å². The summed E-state index contributed by atoms with van der Waals surface area (Å²) in [6.45, 7) is 4.55. The van der Waals surface area contributed by atoms with Crippen molar-refractivity contribution in [1.29, 1.82) is 0 Å². The van der Waals surface area contributed by atoms with Crippen molar-refractivity contribution in [3.63, 3.8) is 0 Å². The van der Waals surface area contributed by atoms with Gasteiger partial charge in [-0.3, -0.25) is 9.36 Å². The molecular formula is C26H25N5O2S. The molecule has 172 valence electrons. The van der Waals surface area contributed by atoms with E-state index in [1.165, 1.54) is 11.8 Å². The quantitative estimate of drug-likeness (QED) is 0.214. The van der Waals surface area contributed by atoms with Crippen LogP contribution >= 0.6 is 11.8 Å². The Labute approximate surface area is 202 Å². The Hall–Kier alpha value is -3.91.